The third kappa shape index (κ3) is 3.03. The minimum atomic E-state index is -1.25. The average Bonchev–Trinajstić information content (AvgIpc) is 2.46. The molecule has 0 heterocycles. The van der Waals surface area contributed by atoms with E-state index in [2.05, 4.69) is 15.9 Å². The molecule has 0 aliphatic rings. The fourth-order valence-electron chi connectivity index (χ4n) is 2.23. The lowest BCUT2D eigenvalue weighted by Gasteiger charge is -2.27. The van der Waals surface area contributed by atoms with Crippen molar-refractivity contribution in [2.75, 3.05) is 14.2 Å². The Kier molecular flexibility index (Phi) is 4.81. The van der Waals surface area contributed by atoms with Crippen LogP contribution in [0.25, 0.3) is 0 Å². The molecular formula is C16H16BrClO3. The first-order valence-corrected chi connectivity index (χ1v) is 7.48. The Morgan fingerprint density at radius 2 is 1.86 bits per heavy atom. The molecule has 1 atom stereocenters. The van der Waals surface area contributed by atoms with Crippen LogP contribution >= 0.6 is 27.5 Å². The number of hydrogen-bond acceptors (Lipinski definition) is 3. The van der Waals surface area contributed by atoms with Crippen LogP contribution in [0.2, 0.25) is 5.02 Å². The SMILES string of the molecule is COc1ccc(C(C)(O)c2cccc(Cl)c2)c(OC)c1Br. The van der Waals surface area contributed by atoms with Crippen molar-refractivity contribution >= 4 is 27.5 Å². The van der Waals surface area contributed by atoms with E-state index >= 15 is 0 Å². The van der Waals surface area contributed by atoms with E-state index in [1.807, 2.05) is 6.07 Å². The molecule has 2 rings (SSSR count). The molecule has 0 radical (unpaired) electrons. The van der Waals surface area contributed by atoms with E-state index in [4.69, 9.17) is 21.1 Å². The molecule has 0 saturated heterocycles. The Balaban J connectivity index is 2.62. The summed E-state index contributed by atoms with van der Waals surface area (Å²) in [6.07, 6.45) is 0. The molecule has 0 aromatic heterocycles. The Morgan fingerprint density at radius 3 is 2.43 bits per heavy atom. The van der Waals surface area contributed by atoms with Crippen LogP contribution in [0.4, 0.5) is 0 Å². The Hall–Kier alpha value is -1.23. The molecule has 0 amide bonds. The smallest absolute Gasteiger partial charge is 0.143 e. The molecule has 21 heavy (non-hydrogen) atoms. The first-order valence-electron chi connectivity index (χ1n) is 6.31. The van der Waals surface area contributed by atoms with Crippen LogP contribution in [0, 0.1) is 0 Å². The van der Waals surface area contributed by atoms with Crippen LogP contribution in [-0.2, 0) is 5.60 Å². The summed E-state index contributed by atoms with van der Waals surface area (Å²) >= 11 is 9.46. The molecule has 0 aliphatic carbocycles. The van der Waals surface area contributed by atoms with Gasteiger partial charge >= 0.3 is 0 Å². The monoisotopic (exact) mass is 370 g/mol. The van der Waals surface area contributed by atoms with E-state index in [0.717, 1.165) is 0 Å². The summed E-state index contributed by atoms with van der Waals surface area (Å²) in [5.41, 5.74) is 0.0655. The molecule has 2 aromatic rings. The van der Waals surface area contributed by atoms with Crippen molar-refractivity contribution in [1.82, 2.24) is 0 Å². The molecule has 0 bridgehead atoms. The summed E-state index contributed by atoms with van der Waals surface area (Å²) in [4.78, 5) is 0. The highest BCUT2D eigenvalue weighted by molar-refractivity contribution is 9.10. The Labute approximate surface area is 137 Å². The summed E-state index contributed by atoms with van der Waals surface area (Å²) in [6.45, 7) is 1.70. The van der Waals surface area contributed by atoms with E-state index < -0.39 is 5.60 Å². The van der Waals surface area contributed by atoms with E-state index in [9.17, 15) is 5.11 Å². The predicted octanol–water partition coefficient (Wildman–Crippen LogP) is 4.38. The maximum absolute atomic E-state index is 11.0. The molecule has 0 saturated carbocycles. The predicted molar refractivity (Wildman–Crippen MR) is 87.4 cm³/mol. The normalized spacial score (nSPS) is 13.6. The zero-order valence-corrected chi connectivity index (χ0v) is 14.3. The standard InChI is InChI=1S/C16H16BrClO3/c1-16(19,10-5-4-6-11(18)9-10)12-7-8-13(20-2)14(17)15(12)21-3/h4-9,19H,1-3H3. The highest BCUT2D eigenvalue weighted by Gasteiger charge is 2.31. The third-order valence-electron chi connectivity index (χ3n) is 3.40. The van der Waals surface area contributed by atoms with Gasteiger partial charge in [0.05, 0.1) is 14.2 Å². The van der Waals surface area contributed by atoms with Crippen molar-refractivity contribution < 1.29 is 14.6 Å². The van der Waals surface area contributed by atoms with Crippen LogP contribution in [0.3, 0.4) is 0 Å². The first-order chi connectivity index (χ1) is 9.91. The average molecular weight is 372 g/mol. The fraction of sp³-hybridized carbons (Fsp3) is 0.250. The molecule has 0 aliphatic heterocycles. The van der Waals surface area contributed by atoms with E-state index in [1.165, 1.54) is 0 Å². The van der Waals surface area contributed by atoms with E-state index in [1.54, 1.807) is 51.5 Å². The number of rotatable bonds is 4. The quantitative estimate of drug-likeness (QED) is 0.867. The number of halogens is 2. The molecule has 5 heteroatoms. The van der Waals surface area contributed by atoms with Crippen molar-refractivity contribution in [1.29, 1.82) is 0 Å². The lowest BCUT2D eigenvalue weighted by Crippen LogP contribution is -2.23. The Morgan fingerprint density at radius 1 is 1.14 bits per heavy atom. The van der Waals surface area contributed by atoms with Crippen molar-refractivity contribution in [3.63, 3.8) is 0 Å². The van der Waals surface area contributed by atoms with Gasteiger partial charge in [0.1, 0.15) is 21.6 Å². The molecule has 0 spiro atoms. The van der Waals surface area contributed by atoms with Crippen LogP contribution in [0.5, 0.6) is 11.5 Å². The molecule has 1 N–H and O–H groups in total. The summed E-state index contributed by atoms with van der Waals surface area (Å²) in [7, 11) is 3.13. The number of hydrogen-bond donors (Lipinski definition) is 1. The van der Waals surface area contributed by atoms with Gasteiger partial charge < -0.3 is 14.6 Å². The van der Waals surface area contributed by atoms with Crippen molar-refractivity contribution in [3.8, 4) is 11.5 Å². The topological polar surface area (TPSA) is 38.7 Å². The summed E-state index contributed by atoms with van der Waals surface area (Å²) in [5, 5.41) is 11.6. The van der Waals surface area contributed by atoms with Crippen LogP contribution < -0.4 is 9.47 Å². The molecule has 3 nitrogen and oxygen atoms in total. The van der Waals surface area contributed by atoms with Gasteiger partial charge in [-0.05, 0) is 52.7 Å². The zero-order chi connectivity index (χ0) is 15.6. The Bertz CT molecular complexity index is 656. The van der Waals surface area contributed by atoms with E-state index in [-0.39, 0.29) is 0 Å². The molecular weight excluding hydrogens is 356 g/mol. The second kappa shape index (κ2) is 6.26. The highest BCUT2D eigenvalue weighted by atomic mass is 79.9. The van der Waals surface area contributed by atoms with Gasteiger partial charge in [-0.25, -0.2) is 0 Å². The van der Waals surface area contributed by atoms with Gasteiger partial charge in [-0.15, -0.1) is 0 Å². The van der Waals surface area contributed by atoms with Gasteiger partial charge in [-0.2, -0.15) is 0 Å². The maximum atomic E-state index is 11.0. The van der Waals surface area contributed by atoms with Crippen molar-refractivity contribution in [3.05, 3.63) is 57.0 Å². The lowest BCUT2D eigenvalue weighted by atomic mass is 9.87. The number of ether oxygens (including phenoxy) is 2. The minimum Gasteiger partial charge on any atom is -0.495 e. The lowest BCUT2D eigenvalue weighted by molar-refractivity contribution is 0.0987. The second-order valence-electron chi connectivity index (χ2n) is 4.75. The van der Waals surface area contributed by atoms with Gasteiger partial charge in [-0.1, -0.05) is 23.7 Å². The van der Waals surface area contributed by atoms with E-state index in [0.29, 0.717) is 32.1 Å². The highest BCUT2D eigenvalue weighted by Crippen LogP contribution is 2.43. The zero-order valence-electron chi connectivity index (χ0n) is 12.0. The molecule has 112 valence electrons. The van der Waals surface area contributed by atoms with Crippen molar-refractivity contribution in [2.24, 2.45) is 0 Å². The van der Waals surface area contributed by atoms with Crippen LogP contribution in [-0.4, -0.2) is 19.3 Å². The number of aliphatic hydroxyl groups is 1. The summed E-state index contributed by atoms with van der Waals surface area (Å²) < 4.78 is 11.3. The van der Waals surface area contributed by atoms with Gasteiger partial charge in [0, 0.05) is 10.6 Å². The van der Waals surface area contributed by atoms with Gasteiger partial charge in [0.15, 0.2) is 0 Å². The van der Waals surface area contributed by atoms with Crippen LogP contribution in [0.1, 0.15) is 18.1 Å². The number of benzene rings is 2. The fourth-order valence-corrected chi connectivity index (χ4v) is 3.09. The maximum Gasteiger partial charge on any atom is 0.143 e. The largest absolute Gasteiger partial charge is 0.495 e. The molecule has 2 aromatic carbocycles. The summed E-state index contributed by atoms with van der Waals surface area (Å²) in [5.74, 6) is 1.16. The summed E-state index contributed by atoms with van der Waals surface area (Å²) in [6, 6.07) is 10.7. The molecule has 1 unspecified atom stereocenters. The second-order valence-corrected chi connectivity index (χ2v) is 5.97. The van der Waals surface area contributed by atoms with Crippen molar-refractivity contribution in [2.45, 2.75) is 12.5 Å². The van der Waals surface area contributed by atoms with Gasteiger partial charge in [-0.3, -0.25) is 0 Å². The number of methoxy groups -OCH3 is 2. The molecule has 0 fully saturated rings. The van der Waals surface area contributed by atoms with Gasteiger partial charge in [0.25, 0.3) is 0 Å². The van der Waals surface area contributed by atoms with Gasteiger partial charge in [0.2, 0.25) is 0 Å². The third-order valence-corrected chi connectivity index (χ3v) is 4.38. The minimum absolute atomic E-state index is 0.527. The van der Waals surface area contributed by atoms with Crippen LogP contribution in [0.15, 0.2) is 40.9 Å². The first kappa shape index (κ1) is 16.1.